The number of hydrogen-bond acceptors (Lipinski definition) is 5. The summed E-state index contributed by atoms with van der Waals surface area (Å²) < 4.78 is 11.2. The average Bonchev–Trinajstić information content (AvgIpc) is 2.83. The molecule has 1 saturated carbocycles. The maximum absolute atomic E-state index is 5.83. The summed E-state index contributed by atoms with van der Waals surface area (Å²) in [6, 6.07) is 0. The first-order valence-corrected chi connectivity index (χ1v) is 7.63. The van der Waals surface area contributed by atoms with Gasteiger partial charge in [0.25, 0.3) is 5.89 Å². The Labute approximate surface area is 120 Å². The highest BCUT2D eigenvalue weighted by atomic mass is 16.5. The lowest BCUT2D eigenvalue weighted by molar-refractivity contribution is -0.0841. The standard InChI is InChI=1S/C15H25N3O2/c1-14(2)6-4-11(5-7-14)13-17-12(20-18-13)8-19-15(3)9-16-10-15/h11,16H,4-10H2,1-3H3. The van der Waals surface area contributed by atoms with Crippen LogP contribution in [0.15, 0.2) is 4.52 Å². The number of hydrogen-bond donors (Lipinski definition) is 1. The van der Waals surface area contributed by atoms with Crippen LogP contribution in [0, 0.1) is 5.41 Å². The van der Waals surface area contributed by atoms with Crippen molar-refractivity contribution in [2.24, 2.45) is 5.41 Å². The van der Waals surface area contributed by atoms with Gasteiger partial charge >= 0.3 is 0 Å². The fourth-order valence-corrected chi connectivity index (χ4v) is 2.97. The van der Waals surface area contributed by atoms with E-state index < -0.39 is 0 Å². The second-order valence-electron chi connectivity index (χ2n) is 7.33. The van der Waals surface area contributed by atoms with E-state index in [0.29, 0.717) is 23.8 Å². The molecule has 1 aliphatic heterocycles. The summed E-state index contributed by atoms with van der Waals surface area (Å²) in [6.07, 6.45) is 4.80. The van der Waals surface area contributed by atoms with Crippen molar-refractivity contribution in [3.05, 3.63) is 11.7 Å². The molecule has 2 aliphatic rings. The number of aromatic nitrogens is 2. The van der Waals surface area contributed by atoms with E-state index in [1.165, 1.54) is 12.8 Å². The fraction of sp³-hybridized carbons (Fsp3) is 0.867. The van der Waals surface area contributed by atoms with Gasteiger partial charge in [-0.1, -0.05) is 19.0 Å². The lowest BCUT2D eigenvalue weighted by Crippen LogP contribution is -2.58. The molecular formula is C15H25N3O2. The molecule has 2 fully saturated rings. The minimum atomic E-state index is -0.0660. The third-order valence-electron chi connectivity index (χ3n) is 4.73. The molecule has 1 aliphatic carbocycles. The van der Waals surface area contributed by atoms with Gasteiger partial charge in [0.2, 0.25) is 0 Å². The number of nitrogens with one attached hydrogen (secondary N) is 1. The zero-order valence-corrected chi connectivity index (χ0v) is 12.7. The molecule has 0 bridgehead atoms. The molecule has 0 atom stereocenters. The highest BCUT2D eigenvalue weighted by Crippen LogP contribution is 2.41. The summed E-state index contributed by atoms with van der Waals surface area (Å²) in [5, 5.41) is 7.36. The van der Waals surface area contributed by atoms with Crippen LogP contribution >= 0.6 is 0 Å². The Hall–Kier alpha value is -0.940. The van der Waals surface area contributed by atoms with E-state index in [-0.39, 0.29) is 5.60 Å². The van der Waals surface area contributed by atoms with Crippen molar-refractivity contribution < 1.29 is 9.26 Å². The van der Waals surface area contributed by atoms with E-state index in [0.717, 1.165) is 31.8 Å². The second-order valence-corrected chi connectivity index (χ2v) is 7.33. The summed E-state index contributed by atoms with van der Waals surface area (Å²) in [4.78, 5) is 4.52. The summed E-state index contributed by atoms with van der Waals surface area (Å²) in [6.45, 7) is 8.99. The largest absolute Gasteiger partial charge is 0.363 e. The minimum Gasteiger partial charge on any atom is -0.363 e. The van der Waals surface area contributed by atoms with Crippen molar-refractivity contribution >= 4 is 0 Å². The van der Waals surface area contributed by atoms with Gasteiger partial charge in [-0.05, 0) is 38.0 Å². The molecular weight excluding hydrogens is 254 g/mol. The molecule has 20 heavy (non-hydrogen) atoms. The zero-order chi connectivity index (χ0) is 14.2. The van der Waals surface area contributed by atoms with E-state index in [2.05, 4.69) is 36.2 Å². The quantitative estimate of drug-likeness (QED) is 0.918. The van der Waals surface area contributed by atoms with Crippen LogP contribution < -0.4 is 5.32 Å². The maximum atomic E-state index is 5.83. The van der Waals surface area contributed by atoms with Crippen LogP contribution in [-0.2, 0) is 11.3 Å². The molecule has 1 aromatic rings. The van der Waals surface area contributed by atoms with E-state index in [9.17, 15) is 0 Å². The van der Waals surface area contributed by atoms with Gasteiger partial charge in [0.1, 0.15) is 6.61 Å². The topological polar surface area (TPSA) is 60.2 Å². The van der Waals surface area contributed by atoms with Crippen molar-refractivity contribution in [1.29, 1.82) is 0 Å². The van der Waals surface area contributed by atoms with Gasteiger partial charge in [0.15, 0.2) is 5.82 Å². The Balaban J connectivity index is 1.54. The van der Waals surface area contributed by atoms with Crippen molar-refractivity contribution in [3.8, 4) is 0 Å². The van der Waals surface area contributed by atoms with Gasteiger partial charge in [0, 0.05) is 19.0 Å². The highest BCUT2D eigenvalue weighted by Gasteiger charge is 2.33. The molecule has 3 rings (SSSR count). The van der Waals surface area contributed by atoms with Crippen LogP contribution in [0.3, 0.4) is 0 Å². The Bertz CT molecular complexity index is 455. The Kier molecular flexibility index (Phi) is 3.58. The van der Waals surface area contributed by atoms with Crippen LogP contribution in [-0.4, -0.2) is 28.8 Å². The molecule has 0 radical (unpaired) electrons. The van der Waals surface area contributed by atoms with E-state index >= 15 is 0 Å². The zero-order valence-electron chi connectivity index (χ0n) is 12.7. The summed E-state index contributed by atoms with van der Waals surface area (Å²) >= 11 is 0. The maximum Gasteiger partial charge on any atom is 0.252 e. The Morgan fingerprint density at radius 3 is 2.55 bits per heavy atom. The smallest absolute Gasteiger partial charge is 0.252 e. The lowest BCUT2D eigenvalue weighted by atomic mass is 9.73. The van der Waals surface area contributed by atoms with Crippen LogP contribution in [0.4, 0.5) is 0 Å². The minimum absolute atomic E-state index is 0.0660. The number of ether oxygens (including phenoxy) is 1. The molecule has 5 nitrogen and oxygen atoms in total. The van der Waals surface area contributed by atoms with Crippen molar-refractivity contribution in [3.63, 3.8) is 0 Å². The molecule has 0 amide bonds. The molecule has 1 N–H and O–H groups in total. The first-order chi connectivity index (χ1) is 9.46. The van der Waals surface area contributed by atoms with Crippen LogP contribution in [0.25, 0.3) is 0 Å². The molecule has 112 valence electrons. The van der Waals surface area contributed by atoms with Crippen molar-refractivity contribution in [1.82, 2.24) is 15.5 Å². The summed E-state index contributed by atoms with van der Waals surface area (Å²) in [5.41, 5.74) is 0.404. The van der Waals surface area contributed by atoms with Crippen LogP contribution in [0.2, 0.25) is 0 Å². The fourth-order valence-electron chi connectivity index (χ4n) is 2.97. The van der Waals surface area contributed by atoms with Gasteiger partial charge in [-0.3, -0.25) is 0 Å². The molecule has 5 heteroatoms. The first-order valence-electron chi connectivity index (χ1n) is 7.63. The normalized spacial score (nSPS) is 25.4. The SMILES string of the molecule is CC1(C)CCC(c2noc(COC3(C)CNC3)n2)CC1. The molecule has 2 heterocycles. The predicted molar refractivity (Wildman–Crippen MR) is 75.4 cm³/mol. The molecule has 0 unspecified atom stereocenters. The molecule has 1 saturated heterocycles. The molecule has 1 aromatic heterocycles. The summed E-state index contributed by atoms with van der Waals surface area (Å²) in [5.74, 6) is 1.94. The predicted octanol–water partition coefficient (Wildman–Crippen LogP) is 2.63. The van der Waals surface area contributed by atoms with Crippen molar-refractivity contribution in [2.75, 3.05) is 13.1 Å². The van der Waals surface area contributed by atoms with Gasteiger partial charge in [0.05, 0.1) is 5.60 Å². The molecule has 0 spiro atoms. The van der Waals surface area contributed by atoms with E-state index in [1.54, 1.807) is 0 Å². The monoisotopic (exact) mass is 279 g/mol. The Morgan fingerprint density at radius 2 is 1.95 bits per heavy atom. The van der Waals surface area contributed by atoms with Gasteiger partial charge < -0.3 is 14.6 Å². The number of rotatable bonds is 4. The van der Waals surface area contributed by atoms with Gasteiger partial charge in [-0.25, -0.2) is 0 Å². The van der Waals surface area contributed by atoms with Crippen LogP contribution in [0.5, 0.6) is 0 Å². The van der Waals surface area contributed by atoms with Gasteiger partial charge in [-0.2, -0.15) is 4.98 Å². The number of nitrogens with zero attached hydrogens (tertiary/aromatic N) is 2. The van der Waals surface area contributed by atoms with E-state index in [4.69, 9.17) is 9.26 Å². The third kappa shape index (κ3) is 3.04. The van der Waals surface area contributed by atoms with E-state index in [1.807, 2.05) is 0 Å². The first kappa shape index (κ1) is 14.0. The summed E-state index contributed by atoms with van der Waals surface area (Å²) in [7, 11) is 0. The van der Waals surface area contributed by atoms with Crippen molar-refractivity contribution in [2.45, 2.75) is 64.6 Å². The third-order valence-corrected chi connectivity index (χ3v) is 4.73. The van der Waals surface area contributed by atoms with Gasteiger partial charge in [-0.15, -0.1) is 0 Å². The highest BCUT2D eigenvalue weighted by molar-refractivity contribution is 4.99. The Morgan fingerprint density at radius 1 is 1.25 bits per heavy atom. The average molecular weight is 279 g/mol. The second kappa shape index (κ2) is 5.11. The lowest BCUT2D eigenvalue weighted by Gasteiger charge is -2.38. The van der Waals surface area contributed by atoms with Crippen LogP contribution in [0.1, 0.15) is 64.1 Å². The molecule has 0 aromatic carbocycles.